The summed E-state index contributed by atoms with van der Waals surface area (Å²) in [4.78, 5) is 33.4. The van der Waals surface area contributed by atoms with E-state index in [4.69, 9.17) is 10.1 Å². The highest BCUT2D eigenvalue weighted by Gasteiger charge is 2.35. The third-order valence-electron chi connectivity index (χ3n) is 7.90. The molecule has 2 aromatic carbocycles. The number of likely N-dealkylation sites (tertiary alicyclic amines) is 2. The summed E-state index contributed by atoms with van der Waals surface area (Å²) in [6.45, 7) is 7.58. The Morgan fingerprint density at radius 2 is 1.66 bits per heavy atom. The molecule has 3 aromatic rings. The number of carbonyl (C=O) groups excluding carboxylic acids is 2. The van der Waals surface area contributed by atoms with Gasteiger partial charge in [-0.05, 0) is 37.3 Å². The lowest BCUT2D eigenvalue weighted by molar-refractivity contribution is -0.141. The fourth-order valence-electron chi connectivity index (χ4n) is 5.55. The van der Waals surface area contributed by atoms with E-state index in [1.54, 1.807) is 11.8 Å². The van der Waals surface area contributed by atoms with E-state index in [9.17, 15) is 9.59 Å². The van der Waals surface area contributed by atoms with Gasteiger partial charge >= 0.3 is 0 Å². The first-order valence-corrected chi connectivity index (χ1v) is 13.8. The van der Waals surface area contributed by atoms with Crippen molar-refractivity contribution in [1.29, 1.82) is 0 Å². The Morgan fingerprint density at radius 1 is 1.00 bits per heavy atom. The zero-order valence-corrected chi connectivity index (χ0v) is 22.4. The molecule has 8 nitrogen and oxygen atoms in total. The summed E-state index contributed by atoms with van der Waals surface area (Å²) in [5, 5.41) is 8.13. The molecule has 0 aliphatic carbocycles. The fraction of sp³-hybridized carbons (Fsp3) is 0.467. The van der Waals surface area contributed by atoms with Crippen LogP contribution < -0.4 is 5.32 Å². The van der Waals surface area contributed by atoms with E-state index in [2.05, 4.69) is 58.2 Å². The molecule has 200 valence electrons. The van der Waals surface area contributed by atoms with Gasteiger partial charge in [-0.1, -0.05) is 60.7 Å². The van der Waals surface area contributed by atoms with Gasteiger partial charge in [0, 0.05) is 46.1 Å². The van der Waals surface area contributed by atoms with Crippen LogP contribution in [-0.2, 0) is 16.0 Å². The predicted molar refractivity (Wildman–Crippen MR) is 146 cm³/mol. The molecule has 2 aliphatic rings. The molecule has 38 heavy (non-hydrogen) atoms. The lowest BCUT2D eigenvalue weighted by Gasteiger charge is -2.38. The van der Waals surface area contributed by atoms with Crippen molar-refractivity contribution in [3.05, 3.63) is 83.4 Å². The standard InChI is InChI=1S/C30H38N6O2/c1-22-31-29(19-24-9-5-3-6-10-24)33-36(22)27-13-16-34(17-14-27)18-15-28(25-11-7-4-8-12-25)32-30(38)26-20-35(21-26)23(2)37/h3-12,26-28H,13-21H2,1-2H3,(H,32,38). The molecule has 5 rings (SSSR count). The van der Waals surface area contributed by atoms with Gasteiger partial charge in [0.05, 0.1) is 18.0 Å². The van der Waals surface area contributed by atoms with Crippen LogP contribution in [0.1, 0.15) is 61.0 Å². The smallest absolute Gasteiger partial charge is 0.227 e. The van der Waals surface area contributed by atoms with Crippen LogP contribution >= 0.6 is 0 Å². The molecule has 2 aliphatic heterocycles. The normalized spacial score (nSPS) is 17.7. The zero-order chi connectivity index (χ0) is 26.5. The van der Waals surface area contributed by atoms with Crippen LogP contribution in [0.15, 0.2) is 60.7 Å². The lowest BCUT2D eigenvalue weighted by Crippen LogP contribution is -2.55. The Bertz CT molecular complexity index is 1210. The minimum absolute atomic E-state index is 0.0329. The van der Waals surface area contributed by atoms with Crippen molar-refractivity contribution < 1.29 is 9.59 Å². The van der Waals surface area contributed by atoms with Gasteiger partial charge < -0.3 is 15.1 Å². The Morgan fingerprint density at radius 3 is 2.32 bits per heavy atom. The zero-order valence-electron chi connectivity index (χ0n) is 22.4. The Hall–Kier alpha value is -3.52. The van der Waals surface area contributed by atoms with E-state index >= 15 is 0 Å². The van der Waals surface area contributed by atoms with E-state index in [-0.39, 0.29) is 23.8 Å². The highest BCUT2D eigenvalue weighted by atomic mass is 16.2. The third kappa shape index (κ3) is 6.30. The highest BCUT2D eigenvalue weighted by Crippen LogP contribution is 2.26. The van der Waals surface area contributed by atoms with Gasteiger partial charge in [0.25, 0.3) is 0 Å². The molecule has 1 atom stereocenters. The molecule has 0 saturated carbocycles. The second-order valence-corrected chi connectivity index (χ2v) is 10.6. The minimum Gasteiger partial charge on any atom is -0.349 e. The maximum atomic E-state index is 12.9. The second kappa shape index (κ2) is 11.9. The topological polar surface area (TPSA) is 83.4 Å². The Labute approximate surface area is 225 Å². The molecule has 2 fully saturated rings. The van der Waals surface area contributed by atoms with Gasteiger partial charge in [-0.2, -0.15) is 5.10 Å². The van der Waals surface area contributed by atoms with Crippen molar-refractivity contribution in [2.24, 2.45) is 5.92 Å². The number of hydrogen-bond donors (Lipinski definition) is 1. The number of benzene rings is 2. The number of carbonyl (C=O) groups is 2. The third-order valence-corrected chi connectivity index (χ3v) is 7.90. The largest absolute Gasteiger partial charge is 0.349 e. The number of nitrogens with one attached hydrogen (secondary N) is 1. The molecule has 1 aromatic heterocycles. The molecule has 2 saturated heterocycles. The quantitative estimate of drug-likeness (QED) is 0.472. The van der Waals surface area contributed by atoms with E-state index in [1.807, 2.05) is 24.3 Å². The van der Waals surface area contributed by atoms with E-state index in [0.29, 0.717) is 19.1 Å². The molecule has 1 N–H and O–H groups in total. The molecule has 8 heteroatoms. The first-order valence-electron chi connectivity index (χ1n) is 13.8. The SMILES string of the molecule is CC(=O)N1CC(C(=O)NC(CCN2CCC(n3nc(Cc4ccccc4)nc3C)CC2)c2ccccc2)C1. The summed E-state index contributed by atoms with van der Waals surface area (Å²) in [7, 11) is 0. The molecule has 3 heterocycles. The van der Waals surface area contributed by atoms with E-state index < -0.39 is 0 Å². The van der Waals surface area contributed by atoms with Crippen LogP contribution in [-0.4, -0.2) is 69.1 Å². The number of amides is 2. The lowest BCUT2D eigenvalue weighted by atomic mass is 9.96. The fourth-order valence-corrected chi connectivity index (χ4v) is 5.55. The van der Waals surface area contributed by atoms with Gasteiger partial charge in [0.1, 0.15) is 5.82 Å². The van der Waals surface area contributed by atoms with Crippen LogP contribution in [0.5, 0.6) is 0 Å². The average molecular weight is 515 g/mol. The van der Waals surface area contributed by atoms with Gasteiger partial charge in [0.2, 0.25) is 11.8 Å². The molecule has 1 unspecified atom stereocenters. The number of hydrogen-bond acceptors (Lipinski definition) is 5. The van der Waals surface area contributed by atoms with Crippen LogP contribution in [0.4, 0.5) is 0 Å². The number of nitrogens with zero attached hydrogens (tertiary/aromatic N) is 5. The second-order valence-electron chi connectivity index (χ2n) is 10.6. The van der Waals surface area contributed by atoms with Gasteiger partial charge in [-0.15, -0.1) is 0 Å². The molecule has 0 radical (unpaired) electrons. The van der Waals surface area contributed by atoms with Crippen LogP contribution in [0.2, 0.25) is 0 Å². The summed E-state index contributed by atoms with van der Waals surface area (Å²) < 4.78 is 2.13. The van der Waals surface area contributed by atoms with Gasteiger partial charge in [-0.25, -0.2) is 9.67 Å². The van der Waals surface area contributed by atoms with E-state index in [1.165, 1.54) is 5.56 Å². The number of aryl methyl sites for hydroxylation is 1. The Kier molecular flexibility index (Phi) is 8.17. The first kappa shape index (κ1) is 26.1. The van der Waals surface area contributed by atoms with Crippen LogP contribution in [0, 0.1) is 12.8 Å². The summed E-state index contributed by atoms with van der Waals surface area (Å²) in [5.74, 6) is 1.84. The summed E-state index contributed by atoms with van der Waals surface area (Å²) >= 11 is 0. The van der Waals surface area contributed by atoms with E-state index in [0.717, 1.165) is 62.5 Å². The highest BCUT2D eigenvalue weighted by molar-refractivity contribution is 5.83. The minimum atomic E-state index is -0.112. The molecule has 2 amide bonds. The molecular weight excluding hydrogens is 476 g/mol. The van der Waals surface area contributed by atoms with Crippen molar-refractivity contribution >= 4 is 11.8 Å². The summed E-state index contributed by atoms with van der Waals surface area (Å²) in [6.07, 6.45) is 3.70. The van der Waals surface area contributed by atoms with Crippen molar-refractivity contribution in [2.75, 3.05) is 32.7 Å². The van der Waals surface area contributed by atoms with Crippen LogP contribution in [0.3, 0.4) is 0 Å². The first-order chi connectivity index (χ1) is 18.5. The van der Waals surface area contributed by atoms with Crippen LogP contribution in [0.25, 0.3) is 0 Å². The predicted octanol–water partition coefficient (Wildman–Crippen LogP) is 3.54. The monoisotopic (exact) mass is 514 g/mol. The van der Waals surface area contributed by atoms with Gasteiger partial charge in [0.15, 0.2) is 5.82 Å². The summed E-state index contributed by atoms with van der Waals surface area (Å²) in [5.41, 5.74) is 2.36. The maximum absolute atomic E-state index is 12.9. The molecule has 0 spiro atoms. The number of aromatic nitrogens is 3. The molecule has 0 bridgehead atoms. The Balaban J connectivity index is 1.13. The van der Waals surface area contributed by atoms with Crippen molar-refractivity contribution in [2.45, 2.75) is 51.6 Å². The van der Waals surface area contributed by atoms with Crippen molar-refractivity contribution in [3.63, 3.8) is 0 Å². The summed E-state index contributed by atoms with van der Waals surface area (Å²) in [6, 6.07) is 20.9. The van der Waals surface area contributed by atoms with Crippen molar-refractivity contribution in [3.8, 4) is 0 Å². The maximum Gasteiger partial charge on any atom is 0.227 e. The van der Waals surface area contributed by atoms with Crippen molar-refractivity contribution in [1.82, 2.24) is 29.9 Å². The molecular formula is C30H38N6O2. The number of rotatable bonds is 9. The average Bonchev–Trinajstić information content (AvgIpc) is 3.26. The van der Waals surface area contributed by atoms with Gasteiger partial charge in [-0.3, -0.25) is 9.59 Å². The number of piperidine rings is 1.